The highest BCUT2D eigenvalue weighted by Gasteiger charge is 2.34. The second-order valence-electron chi connectivity index (χ2n) is 5.53. The molecule has 0 aliphatic carbocycles. The Morgan fingerprint density at radius 3 is 2.78 bits per heavy atom. The van der Waals surface area contributed by atoms with Gasteiger partial charge in [0, 0.05) is 19.7 Å². The van der Waals surface area contributed by atoms with Crippen LogP contribution >= 0.6 is 0 Å². The van der Waals surface area contributed by atoms with E-state index in [9.17, 15) is 8.42 Å². The number of ether oxygens (including phenoxy) is 1. The number of hydrogen-bond donors (Lipinski definition) is 1. The first kappa shape index (κ1) is 14.2. The minimum absolute atomic E-state index is 0.106. The third-order valence-electron chi connectivity index (χ3n) is 4.19. The van der Waals surface area contributed by atoms with Gasteiger partial charge < -0.3 is 10.5 Å². The monoisotopic (exact) mass is 276 g/mol. The van der Waals surface area contributed by atoms with E-state index in [1.165, 1.54) is 0 Å². The zero-order valence-electron chi connectivity index (χ0n) is 11.0. The molecule has 2 N–H and O–H groups in total. The molecule has 2 heterocycles. The minimum atomic E-state index is -3.18. The maximum absolute atomic E-state index is 12.3. The Morgan fingerprint density at radius 2 is 2.17 bits per heavy atom. The van der Waals surface area contributed by atoms with Crippen LogP contribution in [0.5, 0.6) is 0 Å². The van der Waals surface area contributed by atoms with Crippen molar-refractivity contribution in [2.75, 3.05) is 32.0 Å². The van der Waals surface area contributed by atoms with E-state index < -0.39 is 10.0 Å². The van der Waals surface area contributed by atoms with E-state index >= 15 is 0 Å². The molecular formula is C12H24N2O3S. The lowest BCUT2D eigenvalue weighted by Gasteiger charge is -2.36. The van der Waals surface area contributed by atoms with Crippen molar-refractivity contribution in [2.24, 2.45) is 17.6 Å². The van der Waals surface area contributed by atoms with E-state index in [0.717, 1.165) is 19.3 Å². The molecule has 0 radical (unpaired) electrons. The van der Waals surface area contributed by atoms with Crippen molar-refractivity contribution in [3.05, 3.63) is 0 Å². The van der Waals surface area contributed by atoms with Gasteiger partial charge in [0.15, 0.2) is 0 Å². The first-order chi connectivity index (χ1) is 8.53. The molecule has 0 aromatic carbocycles. The molecule has 3 unspecified atom stereocenters. The summed E-state index contributed by atoms with van der Waals surface area (Å²) in [6, 6.07) is 0. The van der Waals surface area contributed by atoms with Gasteiger partial charge in [-0.05, 0) is 37.6 Å². The van der Waals surface area contributed by atoms with Crippen LogP contribution in [0.4, 0.5) is 0 Å². The van der Waals surface area contributed by atoms with E-state index in [2.05, 4.69) is 6.92 Å². The third-order valence-corrected chi connectivity index (χ3v) is 6.10. The maximum Gasteiger partial charge on any atom is 0.216 e. The molecule has 2 rings (SSSR count). The summed E-state index contributed by atoms with van der Waals surface area (Å²) in [5.41, 5.74) is 5.72. The summed E-state index contributed by atoms with van der Waals surface area (Å²) >= 11 is 0. The summed E-state index contributed by atoms with van der Waals surface area (Å²) in [6.45, 7) is 4.62. The fraction of sp³-hybridized carbons (Fsp3) is 1.00. The van der Waals surface area contributed by atoms with Gasteiger partial charge in [0.05, 0.1) is 11.9 Å². The summed E-state index contributed by atoms with van der Waals surface area (Å²) < 4.78 is 31.7. The van der Waals surface area contributed by atoms with Gasteiger partial charge >= 0.3 is 0 Å². The Labute approximate surface area is 110 Å². The number of nitrogens with two attached hydrogens (primary N) is 1. The smallest absolute Gasteiger partial charge is 0.216 e. The van der Waals surface area contributed by atoms with Gasteiger partial charge in [0.2, 0.25) is 10.0 Å². The molecule has 2 aliphatic rings. The molecule has 2 aliphatic heterocycles. The minimum Gasteiger partial charge on any atom is -0.377 e. The predicted octanol–water partition coefficient (Wildman–Crippen LogP) is 0.412. The maximum atomic E-state index is 12.3. The van der Waals surface area contributed by atoms with Crippen molar-refractivity contribution >= 4 is 10.0 Å². The SMILES string of the molecule is CC1CCN(S(=O)(=O)CC2CCCO2)CC1CN. The van der Waals surface area contributed by atoms with Crippen LogP contribution in [-0.2, 0) is 14.8 Å². The van der Waals surface area contributed by atoms with Gasteiger partial charge in [-0.2, -0.15) is 0 Å². The Kier molecular flexibility index (Phi) is 4.64. The normalized spacial score (nSPS) is 34.9. The number of piperidine rings is 1. The molecule has 3 atom stereocenters. The van der Waals surface area contributed by atoms with Crippen LogP contribution in [0.15, 0.2) is 0 Å². The molecule has 0 spiro atoms. The summed E-state index contributed by atoms with van der Waals surface area (Å²) in [5.74, 6) is 0.945. The zero-order chi connectivity index (χ0) is 13.2. The van der Waals surface area contributed by atoms with Gasteiger partial charge in [-0.3, -0.25) is 0 Å². The highest BCUT2D eigenvalue weighted by atomic mass is 32.2. The lowest BCUT2D eigenvalue weighted by Crippen LogP contribution is -2.47. The van der Waals surface area contributed by atoms with Gasteiger partial charge in [-0.15, -0.1) is 0 Å². The van der Waals surface area contributed by atoms with E-state index in [1.807, 2.05) is 0 Å². The van der Waals surface area contributed by atoms with Gasteiger partial charge in [-0.25, -0.2) is 12.7 Å². The highest BCUT2D eigenvalue weighted by Crippen LogP contribution is 2.25. The molecule has 5 nitrogen and oxygen atoms in total. The quantitative estimate of drug-likeness (QED) is 0.807. The highest BCUT2D eigenvalue weighted by molar-refractivity contribution is 7.89. The third kappa shape index (κ3) is 3.23. The number of sulfonamides is 1. The average molecular weight is 276 g/mol. The first-order valence-corrected chi connectivity index (χ1v) is 8.43. The van der Waals surface area contributed by atoms with Crippen LogP contribution in [-0.4, -0.2) is 50.8 Å². The van der Waals surface area contributed by atoms with Crippen LogP contribution in [0.2, 0.25) is 0 Å². The molecule has 0 aromatic heterocycles. The predicted molar refractivity (Wildman–Crippen MR) is 70.7 cm³/mol. The topological polar surface area (TPSA) is 72.6 Å². The van der Waals surface area contributed by atoms with Crippen molar-refractivity contribution in [1.29, 1.82) is 0 Å². The number of hydrogen-bond acceptors (Lipinski definition) is 4. The fourth-order valence-corrected chi connectivity index (χ4v) is 4.54. The average Bonchev–Trinajstić information content (AvgIpc) is 2.81. The second-order valence-corrected chi connectivity index (χ2v) is 7.55. The van der Waals surface area contributed by atoms with E-state index in [1.54, 1.807) is 4.31 Å². The molecule has 0 saturated carbocycles. The van der Waals surface area contributed by atoms with Crippen LogP contribution < -0.4 is 5.73 Å². The van der Waals surface area contributed by atoms with Crippen molar-refractivity contribution in [1.82, 2.24) is 4.31 Å². The van der Waals surface area contributed by atoms with Crippen LogP contribution in [0.25, 0.3) is 0 Å². The Bertz CT molecular complexity index is 366. The molecule has 0 bridgehead atoms. The molecule has 6 heteroatoms. The number of rotatable bonds is 4. The van der Waals surface area contributed by atoms with Crippen molar-refractivity contribution in [3.8, 4) is 0 Å². The summed E-state index contributed by atoms with van der Waals surface area (Å²) in [6.07, 6.45) is 2.64. The Balaban J connectivity index is 1.96. The summed E-state index contributed by atoms with van der Waals surface area (Å²) in [4.78, 5) is 0. The standard InChI is InChI=1S/C12H24N2O3S/c1-10-4-5-14(8-11(10)7-13)18(15,16)9-12-3-2-6-17-12/h10-12H,2-9,13H2,1H3. The van der Waals surface area contributed by atoms with Crippen LogP contribution in [0, 0.1) is 11.8 Å². The van der Waals surface area contributed by atoms with Crippen LogP contribution in [0.1, 0.15) is 26.2 Å². The first-order valence-electron chi connectivity index (χ1n) is 6.82. The Hall–Kier alpha value is -0.170. The van der Waals surface area contributed by atoms with Gasteiger partial charge in [-0.1, -0.05) is 6.92 Å². The summed E-state index contributed by atoms with van der Waals surface area (Å²) in [5, 5.41) is 0. The van der Waals surface area contributed by atoms with Crippen LogP contribution in [0.3, 0.4) is 0 Å². The van der Waals surface area contributed by atoms with Crippen molar-refractivity contribution in [3.63, 3.8) is 0 Å². The van der Waals surface area contributed by atoms with E-state index in [-0.39, 0.29) is 17.8 Å². The molecule has 18 heavy (non-hydrogen) atoms. The zero-order valence-corrected chi connectivity index (χ0v) is 11.9. The number of nitrogens with zero attached hydrogens (tertiary/aromatic N) is 1. The van der Waals surface area contributed by atoms with E-state index in [0.29, 0.717) is 32.2 Å². The van der Waals surface area contributed by atoms with Crippen molar-refractivity contribution in [2.45, 2.75) is 32.3 Å². The van der Waals surface area contributed by atoms with Gasteiger partial charge in [0.25, 0.3) is 0 Å². The molecule has 0 aromatic rings. The second kappa shape index (κ2) is 5.86. The molecule has 2 saturated heterocycles. The molecule has 0 amide bonds. The Morgan fingerprint density at radius 1 is 1.39 bits per heavy atom. The molecule has 106 valence electrons. The molecular weight excluding hydrogens is 252 g/mol. The lowest BCUT2D eigenvalue weighted by atomic mass is 9.88. The van der Waals surface area contributed by atoms with Crippen molar-refractivity contribution < 1.29 is 13.2 Å². The lowest BCUT2D eigenvalue weighted by molar-refractivity contribution is 0.125. The fourth-order valence-electron chi connectivity index (χ4n) is 2.79. The summed E-state index contributed by atoms with van der Waals surface area (Å²) in [7, 11) is -3.18. The molecule has 2 fully saturated rings. The largest absolute Gasteiger partial charge is 0.377 e. The van der Waals surface area contributed by atoms with E-state index in [4.69, 9.17) is 10.5 Å². The van der Waals surface area contributed by atoms with Gasteiger partial charge in [0.1, 0.15) is 0 Å².